The van der Waals surface area contributed by atoms with E-state index < -0.39 is 18.4 Å². The number of amides is 1. The maximum atomic E-state index is 12.3. The Hall–Kier alpha value is -3.82. The van der Waals surface area contributed by atoms with Crippen LogP contribution in [0.4, 0.5) is 0 Å². The van der Waals surface area contributed by atoms with Crippen molar-refractivity contribution in [2.75, 3.05) is 20.1 Å². The number of nitrogens with one attached hydrogen (secondary N) is 1. The molecule has 42 heavy (non-hydrogen) atoms. The molecule has 1 saturated heterocycles. The van der Waals surface area contributed by atoms with Crippen molar-refractivity contribution in [3.8, 4) is 11.1 Å². The van der Waals surface area contributed by atoms with Crippen molar-refractivity contribution < 1.29 is 28.9 Å². The summed E-state index contributed by atoms with van der Waals surface area (Å²) >= 11 is 0. The van der Waals surface area contributed by atoms with Crippen LogP contribution in [-0.4, -0.2) is 54.2 Å². The van der Waals surface area contributed by atoms with Gasteiger partial charge < -0.3 is 29.5 Å². The number of hydrogen-bond donors (Lipinski definition) is 2. The second kappa shape index (κ2) is 14.9. The van der Waals surface area contributed by atoms with Crippen LogP contribution in [0.2, 0.25) is 0 Å². The lowest BCUT2D eigenvalue weighted by Gasteiger charge is -2.37. The van der Waals surface area contributed by atoms with Crippen molar-refractivity contribution in [1.82, 2.24) is 10.2 Å². The second-order valence-corrected chi connectivity index (χ2v) is 10.7. The zero-order chi connectivity index (χ0) is 30.1. The third-order valence-corrected chi connectivity index (χ3v) is 7.17. The van der Waals surface area contributed by atoms with Gasteiger partial charge in [0.1, 0.15) is 0 Å². The molecule has 0 radical (unpaired) electrons. The van der Waals surface area contributed by atoms with E-state index in [1.165, 1.54) is 6.92 Å². The van der Waals surface area contributed by atoms with Gasteiger partial charge in [0.05, 0.1) is 18.8 Å². The normalized spacial score (nSPS) is 19.2. The van der Waals surface area contributed by atoms with Gasteiger partial charge in [0.15, 0.2) is 12.4 Å². The minimum Gasteiger partial charge on any atom is -0.453 e. The van der Waals surface area contributed by atoms with Crippen LogP contribution >= 0.6 is 0 Å². The highest BCUT2D eigenvalue weighted by atomic mass is 16.7. The van der Waals surface area contributed by atoms with E-state index in [2.05, 4.69) is 22.9 Å². The van der Waals surface area contributed by atoms with Gasteiger partial charge in [-0.1, -0.05) is 66.7 Å². The lowest BCUT2D eigenvalue weighted by atomic mass is 9.98. The van der Waals surface area contributed by atoms with Gasteiger partial charge in [0, 0.05) is 38.5 Å². The van der Waals surface area contributed by atoms with E-state index in [9.17, 15) is 14.7 Å². The Labute approximate surface area is 247 Å². The summed E-state index contributed by atoms with van der Waals surface area (Å²) in [6, 6.07) is 23.9. The largest absolute Gasteiger partial charge is 0.453 e. The summed E-state index contributed by atoms with van der Waals surface area (Å²) in [6.07, 6.45) is 0.957. The van der Waals surface area contributed by atoms with Gasteiger partial charge >= 0.3 is 5.97 Å². The number of benzene rings is 3. The summed E-state index contributed by atoms with van der Waals surface area (Å²) in [5, 5.41) is 12.3. The number of aliphatic hydroxyl groups is 1. The molecule has 0 spiro atoms. The number of ether oxygens (including phenoxy) is 3. The van der Waals surface area contributed by atoms with Gasteiger partial charge in [-0.3, -0.25) is 9.59 Å². The first-order chi connectivity index (χ1) is 20.2. The number of carbonyl (C=O) groups is 2. The van der Waals surface area contributed by atoms with Crippen molar-refractivity contribution >= 4 is 11.9 Å². The van der Waals surface area contributed by atoms with Gasteiger partial charge in [-0.05, 0) is 53.9 Å². The lowest BCUT2D eigenvalue weighted by molar-refractivity contribution is -0.252. The number of likely N-dealkylation sites (N-methyl/N-ethyl adjacent to an activating group) is 1. The van der Waals surface area contributed by atoms with Crippen LogP contribution in [0.25, 0.3) is 11.1 Å². The van der Waals surface area contributed by atoms with E-state index in [1.54, 1.807) is 6.92 Å². The molecule has 1 fully saturated rings. The maximum Gasteiger partial charge on any atom is 0.303 e. The highest BCUT2D eigenvalue weighted by Crippen LogP contribution is 2.39. The van der Waals surface area contributed by atoms with Gasteiger partial charge in [-0.25, -0.2) is 0 Å². The predicted molar refractivity (Wildman–Crippen MR) is 161 cm³/mol. The fourth-order valence-electron chi connectivity index (χ4n) is 5.04. The first-order valence-corrected chi connectivity index (χ1v) is 14.2. The molecule has 3 aromatic carbocycles. The Morgan fingerprint density at radius 1 is 1.05 bits per heavy atom. The number of esters is 1. The molecule has 3 aromatic rings. The number of carbonyl (C=O) groups excluding carboxylic acids is 2. The second-order valence-electron chi connectivity index (χ2n) is 10.7. The summed E-state index contributed by atoms with van der Waals surface area (Å²) in [5.41, 5.74) is 5.73. The number of aliphatic hydroxyl groups excluding tert-OH is 1. The molecule has 4 rings (SSSR count). The molecule has 8 heteroatoms. The van der Waals surface area contributed by atoms with Crippen LogP contribution in [0, 0.1) is 0 Å². The van der Waals surface area contributed by atoms with E-state index in [4.69, 9.17) is 14.2 Å². The van der Waals surface area contributed by atoms with Crippen LogP contribution in [0.3, 0.4) is 0 Å². The Morgan fingerprint density at radius 3 is 2.45 bits per heavy atom. The summed E-state index contributed by atoms with van der Waals surface area (Å²) in [5.74, 6) is -0.843. The number of nitrogens with zero attached hydrogens (tertiary/aromatic N) is 1. The van der Waals surface area contributed by atoms with E-state index in [-0.39, 0.29) is 24.7 Å². The first-order valence-electron chi connectivity index (χ1n) is 14.2. The standard InChI is InChI=1S/C34H40N2O6/c1-5-16-36(4)21-31-19-32(27-14-12-25(22-37)13-15-27)42-34(41-31)30-11-7-10-29(18-30)28-9-6-8-26(17-28)20-35-33(39)23(2)40-24(3)38/h5-15,17-18,23,31-32,34,37H,1,16,19-22H2,2-4H3,(H,35,39). The molecule has 0 aliphatic carbocycles. The zero-order valence-corrected chi connectivity index (χ0v) is 24.5. The topological polar surface area (TPSA) is 97.3 Å². The average molecular weight is 573 g/mol. The summed E-state index contributed by atoms with van der Waals surface area (Å²) in [4.78, 5) is 25.6. The first kappa shape index (κ1) is 31.1. The Kier molecular flexibility index (Phi) is 11.0. The third-order valence-electron chi connectivity index (χ3n) is 7.17. The average Bonchev–Trinajstić information content (AvgIpc) is 2.99. The highest BCUT2D eigenvalue weighted by molar-refractivity contribution is 5.82. The van der Waals surface area contributed by atoms with Crippen molar-refractivity contribution in [3.05, 3.63) is 108 Å². The molecule has 4 atom stereocenters. The van der Waals surface area contributed by atoms with E-state index >= 15 is 0 Å². The molecule has 1 aliphatic heterocycles. The maximum absolute atomic E-state index is 12.3. The molecule has 1 heterocycles. The SMILES string of the molecule is C=CCN(C)CC1CC(c2ccc(CO)cc2)OC(c2cccc(-c3cccc(CNC(=O)C(C)OC(C)=O)c3)c2)O1. The molecule has 222 valence electrons. The Morgan fingerprint density at radius 2 is 1.76 bits per heavy atom. The van der Waals surface area contributed by atoms with Crippen molar-refractivity contribution in [2.45, 2.75) is 58.0 Å². The molecule has 1 amide bonds. The van der Waals surface area contributed by atoms with Crippen molar-refractivity contribution in [3.63, 3.8) is 0 Å². The van der Waals surface area contributed by atoms with Crippen LogP contribution in [0.15, 0.2) is 85.5 Å². The molecule has 8 nitrogen and oxygen atoms in total. The number of rotatable bonds is 12. The molecule has 2 N–H and O–H groups in total. The molecule has 4 unspecified atom stereocenters. The van der Waals surface area contributed by atoms with Crippen molar-refractivity contribution in [2.24, 2.45) is 0 Å². The smallest absolute Gasteiger partial charge is 0.303 e. The molecule has 0 saturated carbocycles. The Balaban J connectivity index is 1.52. The third kappa shape index (κ3) is 8.59. The number of hydrogen-bond acceptors (Lipinski definition) is 7. The van der Waals surface area contributed by atoms with E-state index in [1.807, 2.05) is 79.9 Å². The van der Waals surface area contributed by atoms with Crippen LogP contribution in [-0.2, 0) is 37.0 Å². The van der Waals surface area contributed by atoms with Crippen LogP contribution in [0.1, 0.15) is 54.9 Å². The predicted octanol–water partition coefficient (Wildman–Crippen LogP) is 5.08. The quantitative estimate of drug-likeness (QED) is 0.231. The van der Waals surface area contributed by atoms with Gasteiger partial charge in [-0.15, -0.1) is 6.58 Å². The van der Waals surface area contributed by atoms with Gasteiger partial charge in [0.25, 0.3) is 5.91 Å². The van der Waals surface area contributed by atoms with Gasteiger partial charge in [0.2, 0.25) is 0 Å². The van der Waals surface area contributed by atoms with Crippen molar-refractivity contribution in [1.29, 1.82) is 0 Å². The summed E-state index contributed by atoms with van der Waals surface area (Å²) in [6.45, 7) is 8.48. The Bertz CT molecular complexity index is 1360. The van der Waals surface area contributed by atoms with E-state index in [0.717, 1.165) is 46.5 Å². The fraction of sp³-hybridized carbons (Fsp3) is 0.353. The fourth-order valence-corrected chi connectivity index (χ4v) is 5.04. The minimum absolute atomic E-state index is 0.000277. The molecular weight excluding hydrogens is 532 g/mol. The molecule has 0 aromatic heterocycles. The van der Waals surface area contributed by atoms with Crippen LogP contribution < -0.4 is 5.32 Å². The lowest BCUT2D eigenvalue weighted by Crippen LogP contribution is -2.37. The monoisotopic (exact) mass is 572 g/mol. The van der Waals surface area contributed by atoms with Gasteiger partial charge in [-0.2, -0.15) is 0 Å². The molecule has 1 aliphatic rings. The molecular formula is C34H40N2O6. The highest BCUT2D eigenvalue weighted by Gasteiger charge is 2.32. The van der Waals surface area contributed by atoms with E-state index in [0.29, 0.717) is 13.0 Å². The van der Waals surface area contributed by atoms with Crippen LogP contribution in [0.5, 0.6) is 0 Å². The summed E-state index contributed by atoms with van der Waals surface area (Å²) in [7, 11) is 2.05. The molecule has 0 bridgehead atoms. The summed E-state index contributed by atoms with van der Waals surface area (Å²) < 4.78 is 18.0. The zero-order valence-electron chi connectivity index (χ0n) is 24.5. The minimum atomic E-state index is -0.852.